The Bertz CT molecular complexity index is 406. The molecule has 3 nitrogen and oxygen atoms in total. The van der Waals surface area contributed by atoms with Gasteiger partial charge in [-0.25, -0.2) is 0 Å². The average molecular weight is 277 g/mol. The van der Waals surface area contributed by atoms with E-state index in [0.29, 0.717) is 12.5 Å². The minimum absolute atomic E-state index is 0.134. The third-order valence-electron chi connectivity index (χ3n) is 3.56. The molecule has 0 bridgehead atoms. The zero-order chi connectivity index (χ0) is 14.4. The lowest BCUT2D eigenvalue weighted by Crippen LogP contribution is -2.35. The molecule has 1 N–H and O–H groups in total. The first-order chi connectivity index (χ1) is 9.54. The van der Waals surface area contributed by atoms with Crippen LogP contribution in [0.25, 0.3) is 0 Å². The molecule has 0 spiro atoms. The summed E-state index contributed by atoms with van der Waals surface area (Å²) in [6, 6.07) is 8.51. The third-order valence-corrected chi connectivity index (χ3v) is 3.56. The standard InChI is InChI=1S/C17H27NO2/c1-17(2,3)18-10-15-6-4-5-7-16(15)13-20-12-14-8-9-19-11-14/h4-7,14,18H,8-13H2,1-3H3. The molecule has 0 radical (unpaired) electrons. The van der Waals surface area contributed by atoms with Crippen molar-refractivity contribution in [1.82, 2.24) is 5.32 Å². The van der Waals surface area contributed by atoms with Gasteiger partial charge in [-0.1, -0.05) is 24.3 Å². The normalized spacial score (nSPS) is 19.4. The van der Waals surface area contributed by atoms with Gasteiger partial charge in [0.1, 0.15) is 0 Å². The molecule has 0 saturated carbocycles. The van der Waals surface area contributed by atoms with Crippen LogP contribution in [0.15, 0.2) is 24.3 Å². The quantitative estimate of drug-likeness (QED) is 0.866. The molecule has 0 aliphatic carbocycles. The maximum atomic E-state index is 5.87. The van der Waals surface area contributed by atoms with Crippen molar-refractivity contribution in [3.63, 3.8) is 0 Å². The van der Waals surface area contributed by atoms with E-state index < -0.39 is 0 Å². The van der Waals surface area contributed by atoms with Crippen molar-refractivity contribution in [3.8, 4) is 0 Å². The highest BCUT2D eigenvalue weighted by Gasteiger charge is 2.16. The van der Waals surface area contributed by atoms with Gasteiger partial charge in [-0.05, 0) is 38.3 Å². The zero-order valence-corrected chi connectivity index (χ0v) is 12.9. The van der Waals surface area contributed by atoms with E-state index in [1.807, 2.05) is 0 Å². The molecule has 112 valence electrons. The fourth-order valence-corrected chi connectivity index (χ4v) is 2.28. The minimum atomic E-state index is 0.134. The highest BCUT2D eigenvalue weighted by molar-refractivity contribution is 5.26. The van der Waals surface area contributed by atoms with E-state index in [-0.39, 0.29) is 5.54 Å². The van der Waals surface area contributed by atoms with Gasteiger partial charge in [0.05, 0.1) is 19.8 Å². The summed E-state index contributed by atoms with van der Waals surface area (Å²) in [5.74, 6) is 0.579. The van der Waals surface area contributed by atoms with Crippen molar-refractivity contribution in [3.05, 3.63) is 35.4 Å². The minimum Gasteiger partial charge on any atom is -0.381 e. The van der Waals surface area contributed by atoms with Crippen LogP contribution in [0.5, 0.6) is 0 Å². The van der Waals surface area contributed by atoms with E-state index in [4.69, 9.17) is 9.47 Å². The van der Waals surface area contributed by atoms with Crippen LogP contribution in [0.3, 0.4) is 0 Å². The molecule has 1 aliphatic rings. The molecule has 1 aromatic rings. The summed E-state index contributed by atoms with van der Waals surface area (Å²) >= 11 is 0. The van der Waals surface area contributed by atoms with Gasteiger partial charge in [0.25, 0.3) is 0 Å². The summed E-state index contributed by atoms with van der Waals surface area (Å²) < 4.78 is 11.2. The van der Waals surface area contributed by atoms with E-state index >= 15 is 0 Å². The van der Waals surface area contributed by atoms with Crippen molar-refractivity contribution in [2.24, 2.45) is 5.92 Å². The second-order valence-electron chi connectivity index (χ2n) is 6.62. The second kappa shape index (κ2) is 7.21. The Labute approximate surface area is 122 Å². The number of rotatable bonds is 6. The predicted molar refractivity (Wildman–Crippen MR) is 81.6 cm³/mol. The highest BCUT2D eigenvalue weighted by atomic mass is 16.5. The third kappa shape index (κ3) is 5.23. The molecule has 2 rings (SSSR count). The van der Waals surface area contributed by atoms with Crippen LogP contribution in [0.2, 0.25) is 0 Å². The Balaban J connectivity index is 1.83. The lowest BCUT2D eigenvalue weighted by molar-refractivity contribution is 0.0786. The van der Waals surface area contributed by atoms with Crippen LogP contribution in [-0.2, 0) is 22.6 Å². The Morgan fingerprint density at radius 3 is 2.65 bits per heavy atom. The summed E-state index contributed by atoms with van der Waals surface area (Å²) in [6.45, 7) is 10.7. The lowest BCUT2D eigenvalue weighted by Gasteiger charge is -2.21. The van der Waals surface area contributed by atoms with Gasteiger partial charge < -0.3 is 14.8 Å². The maximum absolute atomic E-state index is 5.87. The van der Waals surface area contributed by atoms with Crippen LogP contribution in [-0.4, -0.2) is 25.4 Å². The molecule has 1 fully saturated rings. The van der Waals surface area contributed by atoms with Gasteiger partial charge in [-0.2, -0.15) is 0 Å². The molecule has 1 heterocycles. The van der Waals surface area contributed by atoms with Crippen LogP contribution in [0.4, 0.5) is 0 Å². The first kappa shape index (κ1) is 15.5. The number of hydrogen-bond donors (Lipinski definition) is 1. The monoisotopic (exact) mass is 277 g/mol. The molecule has 20 heavy (non-hydrogen) atoms. The molecule has 0 amide bonds. The Kier molecular flexibility index (Phi) is 5.58. The van der Waals surface area contributed by atoms with Gasteiger partial charge in [0, 0.05) is 24.6 Å². The van der Waals surface area contributed by atoms with Gasteiger partial charge in [0.15, 0.2) is 0 Å². The Morgan fingerprint density at radius 2 is 2.00 bits per heavy atom. The van der Waals surface area contributed by atoms with E-state index in [2.05, 4.69) is 50.4 Å². The van der Waals surface area contributed by atoms with E-state index in [0.717, 1.165) is 32.8 Å². The zero-order valence-electron chi connectivity index (χ0n) is 12.9. The molecule has 1 aromatic carbocycles. The fourth-order valence-electron chi connectivity index (χ4n) is 2.28. The Hall–Kier alpha value is -0.900. The van der Waals surface area contributed by atoms with Crippen LogP contribution in [0, 0.1) is 5.92 Å². The smallest absolute Gasteiger partial charge is 0.0720 e. The summed E-state index contributed by atoms with van der Waals surface area (Å²) in [6.07, 6.45) is 1.13. The number of ether oxygens (including phenoxy) is 2. The summed E-state index contributed by atoms with van der Waals surface area (Å²) in [4.78, 5) is 0. The predicted octanol–water partition coefficient (Wildman–Crippen LogP) is 3.13. The fraction of sp³-hybridized carbons (Fsp3) is 0.647. The van der Waals surface area contributed by atoms with Crippen LogP contribution in [0.1, 0.15) is 38.3 Å². The lowest BCUT2D eigenvalue weighted by atomic mass is 10.1. The first-order valence-corrected chi connectivity index (χ1v) is 7.52. The SMILES string of the molecule is CC(C)(C)NCc1ccccc1COCC1CCOC1. The highest BCUT2D eigenvalue weighted by Crippen LogP contribution is 2.15. The van der Waals surface area contributed by atoms with Gasteiger partial charge in [0.2, 0.25) is 0 Å². The summed E-state index contributed by atoms with van der Waals surface area (Å²) in [5.41, 5.74) is 2.74. The van der Waals surface area contributed by atoms with Crippen molar-refractivity contribution >= 4 is 0 Å². The molecule has 0 aromatic heterocycles. The topological polar surface area (TPSA) is 30.5 Å². The number of nitrogens with one attached hydrogen (secondary N) is 1. The van der Waals surface area contributed by atoms with E-state index in [9.17, 15) is 0 Å². The molecule has 1 saturated heterocycles. The van der Waals surface area contributed by atoms with Crippen molar-refractivity contribution in [2.45, 2.75) is 45.9 Å². The summed E-state index contributed by atoms with van der Waals surface area (Å²) in [7, 11) is 0. The van der Waals surface area contributed by atoms with Gasteiger partial charge >= 0.3 is 0 Å². The van der Waals surface area contributed by atoms with Crippen molar-refractivity contribution in [1.29, 1.82) is 0 Å². The maximum Gasteiger partial charge on any atom is 0.0720 e. The van der Waals surface area contributed by atoms with Gasteiger partial charge in [-0.3, -0.25) is 0 Å². The van der Waals surface area contributed by atoms with Gasteiger partial charge in [-0.15, -0.1) is 0 Å². The molecule has 1 atom stereocenters. The van der Waals surface area contributed by atoms with Crippen LogP contribution < -0.4 is 5.32 Å². The number of benzene rings is 1. The van der Waals surface area contributed by atoms with E-state index in [1.165, 1.54) is 11.1 Å². The average Bonchev–Trinajstić information content (AvgIpc) is 2.90. The molecular weight excluding hydrogens is 250 g/mol. The molecular formula is C17H27NO2. The number of hydrogen-bond acceptors (Lipinski definition) is 3. The summed E-state index contributed by atoms with van der Waals surface area (Å²) in [5, 5.41) is 3.53. The van der Waals surface area contributed by atoms with Crippen molar-refractivity contribution < 1.29 is 9.47 Å². The van der Waals surface area contributed by atoms with Crippen LogP contribution >= 0.6 is 0 Å². The largest absolute Gasteiger partial charge is 0.381 e. The molecule has 3 heteroatoms. The van der Waals surface area contributed by atoms with Crippen molar-refractivity contribution in [2.75, 3.05) is 19.8 Å². The molecule has 1 aliphatic heterocycles. The second-order valence-corrected chi connectivity index (χ2v) is 6.62. The van der Waals surface area contributed by atoms with E-state index in [1.54, 1.807) is 0 Å². The Morgan fingerprint density at radius 1 is 1.25 bits per heavy atom. The molecule has 1 unspecified atom stereocenters. The first-order valence-electron chi connectivity index (χ1n) is 7.52.